The monoisotopic (exact) mass is 425 g/mol. The lowest BCUT2D eigenvalue weighted by Gasteiger charge is -2.35. The lowest BCUT2D eigenvalue weighted by Crippen LogP contribution is -2.33. The number of hydrogen-bond donors (Lipinski definition) is 1. The van der Waals surface area contributed by atoms with Crippen molar-refractivity contribution in [3.8, 4) is 0 Å². The fourth-order valence-electron chi connectivity index (χ4n) is 4.23. The summed E-state index contributed by atoms with van der Waals surface area (Å²) in [6.07, 6.45) is 9.53. The van der Waals surface area contributed by atoms with Crippen molar-refractivity contribution in [1.29, 1.82) is 0 Å². The van der Waals surface area contributed by atoms with Gasteiger partial charge in [0.1, 0.15) is 5.82 Å². The summed E-state index contributed by atoms with van der Waals surface area (Å²) < 4.78 is 38.2. The van der Waals surface area contributed by atoms with Crippen LogP contribution in [0.4, 0.5) is 24.7 Å². The maximum Gasteiger partial charge on any atom is 0.417 e. The van der Waals surface area contributed by atoms with Crippen molar-refractivity contribution in [1.82, 2.24) is 9.88 Å². The van der Waals surface area contributed by atoms with Crippen molar-refractivity contribution in [3.63, 3.8) is 0 Å². The van der Waals surface area contributed by atoms with E-state index >= 15 is 0 Å². The third-order valence-corrected chi connectivity index (χ3v) is 6.06. The summed E-state index contributed by atoms with van der Waals surface area (Å²) in [6.45, 7) is 3.15. The summed E-state index contributed by atoms with van der Waals surface area (Å²) >= 11 is 0. The Morgan fingerprint density at radius 1 is 1.10 bits per heavy atom. The van der Waals surface area contributed by atoms with Crippen LogP contribution in [0.3, 0.4) is 0 Å². The van der Waals surface area contributed by atoms with Gasteiger partial charge in [0.15, 0.2) is 0 Å². The minimum absolute atomic E-state index is 0.389. The number of nitrogens with one attached hydrogen (secondary N) is 1. The first-order valence-corrected chi connectivity index (χ1v) is 10.6. The van der Waals surface area contributed by atoms with Crippen LogP contribution < -0.4 is 5.32 Å². The van der Waals surface area contributed by atoms with Crippen LogP contribution in [0.1, 0.15) is 43.7 Å². The number of hydrogen-bond acceptors (Lipinski definition) is 3. The van der Waals surface area contributed by atoms with Crippen molar-refractivity contribution in [2.24, 2.45) is 0 Å². The zero-order chi connectivity index (χ0) is 21.8. The van der Waals surface area contributed by atoms with E-state index in [0.717, 1.165) is 55.7 Å². The van der Waals surface area contributed by atoms with Gasteiger partial charge in [-0.3, -0.25) is 0 Å². The van der Waals surface area contributed by atoms with Crippen LogP contribution in [-0.2, 0) is 6.18 Å². The molecule has 31 heavy (non-hydrogen) atoms. The maximum absolute atomic E-state index is 12.7. The van der Waals surface area contributed by atoms with Crippen LogP contribution in [0.25, 0.3) is 5.57 Å². The Morgan fingerprint density at radius 2 is 1.90 bits per heavy atom. The molecule has 0 unspecified atom stereocenters. The summed E-state index contributed by atoms with van der Waals surface area (Å²) in [6, 6.07) is 11.0. The predicted molar refractivity (Wildman–Crippen MR) is 119 cm³/mol. The van der Waals surface area contributed by atoms with E-state index in [1.54, 1.807) is 0 Å². The highest BCUT2D eigenvalue weighted by atomic mass is 19.4. The highest BCUT2D eigenvalue weighted by Crippen LogP contribution is 2.34. The zero-order valence-corrected chi connectivity index (χ0v) is 17.5. The average Bonchev–Trinajstić information content (AvgIpc) is 2.79. The molecule has 6 heteroatoms. The fourth-order valence-corrected chi connectivity index (χ4v) is 4.23. The second-order valence-corrected chi connectivity index (χ2v) is 8.06. The van der Waals surface area contributed by atoms with Gasteiger partial charge in [-0.1, -0.05) is 29.9 Å². The lowest BCUT2D eigenvalue weighted by atomic mass is 9.85. The molecule has 0 atom stereocenters. The van der Waals surface area contributed by atoms with Gasteiger partial charge in [-0.2, -0.15) is 13.2 Å². The molecule has 2 aromatic rings. The minimum Gasteiger partial charge on any atom is -0.371 e. The van der Waals surface area contributed by atoms with Gasteiger partial charge in [-0.15, -0.1) is 0 Å². The quantitative estimate of drug-likeness (QED) is 0.575. The highest BCUT2D eigenvalue weighted by molar-refractivity contribution is 5.71. The van der Waals surface area contributed by atoms with Crippen LogP contribution in [0, 0.1) is 0 Å². The highest BCUT2D eigenvalue weighted by Gasteiger charge is 2.30. The van der Waals surface area contributed by atoms with Crippen LogP contribution in [-0.4, -0.2) is 22.5 Å². The van der Waals surface area contributed by atoms with E-state index in [9.17, 15) is 13.2 Å². The summed E-state index contributed by atoms with van der Waals surface area (Å²) in [5.41, 5.74) is 3.96. The minimum atomic E-state index is -4.38. The van der Waals surface area contributed by atoms with Crippen LogP contribution in [0.2, 0.25) is 0 Å². The van der Waals surface area contributed by atoms with Gasteiger partial charge in [0.25, 0.3) is 0 Å². The Balaban J connectivity index is 1.43. The topological polar surface area (TPSA) is 28.2 Å². The molecular formula is C25H26F3N3. The molecule has 1 fully saturated rings. The average molecular weight is 425 g/mol. The molecule has 1 aromatic heterocycles. The summed E-state index contributed by atoms with van der Waals surface area (Å²) in [5, 5.41) is 3.11. The van der Waals surface area contributed by atoms with Gasteiger partial charge in [-0.05, 0) is 80.3 Å². The molecule has 3 nitrogen and oxygen atoms in total. The van der Waals surface area contributed by atoms with E-state index in [-0.39, 0.29) is 0 Å². The van der Waals surface area contributed by atoms with Crippen molar-refractivity contribution >= 4 is 17.1 Å². The molecule has 2 heterocycles. The van der Waals surface area contributed by atoms with E-state index in [0.29, 0.717) is 11.9 Å². The second kappa shape index (κ2) is 9.00. The Morgan fingerprint density at radius 3 is 2.55 bits per heavy atom. The molecule has 1 N–H and O–H groups in total. The molecule has 1 aromatic carbocycles. The van der Waals surface area contributed by atoms with Gasteiger partial charge < -0.3 is 10.2 Å². The van der Waals surface area contributed by atoms with Crippen molar-refractivity contribution in [3.05, 3.63) is 83.7 Å². The number of nitrogens with zero attached hydrogens (tertiary/aromatic N) is 2. The molecule has 0 saturated heterocycles. The number of anilines is 2. The van der Waals surface area contributed by atoms with Gasteiger partial charge in [-0.25, -0.2) is 4.98 Å². The molecule has 1 aliphatic carbocycles. The predicted octanol–water partition coefficient (Wildman–Crippen LogP) is 6.95. The van der Waals surface area contributed by atoms with Crippen molar-refractivity contribution < 1.29 is 13.2 Å². The van der Waals surface area contributed by atoms with E-state index in [4.69, 9.17) is 0 Å². The third-order valence-electron chi connectivity index (χ3n) is 6.06. The molecule has 4 rings (SSSR count). The first-order valence-electron chi connectivity index (χ1n) is 10.6. The number of benzene rings is 1. The van der Waals surface area contributed by atoms with Crippen LogP contribution >= 0.6 is 0 Å². The van der Waals surface area contributed by atoms with Crippen LogP contribution in [0.5, 0.6) is 0 Å². The molecule has 162 valence electrons. The van der Waals surface area contributed by atoms with Gasteiger partial charge in [0, 0.05) is 24.5 Å². The fraction of sp³-hybridized carbons (Fsp3) is 0.320. The largest absolute Gasteiger partial charge is 0.417 e. The van der Waals surface area contributed by atoms with Crippen LogP contribution in [0.15, 0.2) is 72.6 Å². The first kappa shape index (κ1) is 21.2. The SMILES string of the molecule is CC(=C1CCC(N2C=CC=CC2)CC1)c1cccc(Nc2ccc(C(F)(F)F)cn2)c1. The van der Waals surface area contributed by atoms with Crippen molar-refractivity contribution in [2.45, 2.75) is 44.8 Å². The van der Waals surface area contributed by atoms with E-state index in [1.165, 1.54) is 17.2 Å². The molecule has 0 radical (unpaired) electrons. The smallest absolute Gasteiger partial charge is 0.371 e. The summed E-state index contributed by atoms with van der Waals surface area (Å²) in [4.78, 5) is 6.32. The standard InChI is InChI=1S/C25H26F3N3/c1-18(19-8-11-23(12-9-19)31-14-3-2-4-15-31)20-6-5-7-22(16-20)30-24-13-10-21(17-29-24)25(26,27)28/h2-7,10,13-14,16-17,23H,8-9,11-12,15H2,1H3,(H,29,30). The number of halogens is 3. The van der Waals surface area contributed by atoms with E-state index < -0.39 is 11.7 Å². The molecule has 1 aliphatic heterocycles. The number of aromatic nitrogens is 1. The van der Waals surface area contributed by atoms with E-state index in [1.807, 2.05) is 18.2 Å². The Bertz CT molecular complexity index is 993. The number of rotatable bonds is 4. The Kier molecular flexibility index (Phi) is 6.16. The van der Waals surface area contributed by atoms with Gasteiger partial charge in [0.05, 0.1) is 5.56 Å². The number of alkyl halides is 3. The molecule has 0 bridgehead atoms. The number of pyridine rings is 1. The zero-order valence-electron chi connectivity index (χ0n) is 17.5. The molecule has 2 aliphatic rings. The van der Waals surface area contributed by atoms with Gasteiger partial charge in [0.2, 0.25) is 0 Å². The third kappa shape index (κ3) is 5.19. The van der Waals surface area contributed by atoms with Crippen molar-refractivity contribution in [2.75, 3.05) is 11.9 Å². The first-order chi connectivity index (χ1) is 14.9. The molecule has 1 saturated carbocycles. The Hall–Kier alpha value is -3.02. The lowest BCUT2D eigenvalue weighted by molar-refractivity contribution is -0.137. The maximum atomic E-state index is 12.7. The summed E-state index contributed by atoms with van der Waals surface area (Å²) in [7, 11) is 0. The normalized spacial score (nSPS) is 18.9. The molecule has 0 amide bonds. The second-order valence-electron chi connectivity index (χ2n) is 8.06. The Labute approximate surface area is 181 Å². The number of allylic oxidation sites excluding steroid dienone is 4. The van der Waals surface area contributed by atoms with E-state index in [2.05, 4.69) is 52.6 Å². The summed E-state index contributed by atoms with van der Waals surface area (Å²) in [5.74, 6) is 0.389. The van der Waals surface area contributed by atoms with Gasteiger partial charge >= 0.3 is 6.18 Å². The molecular weight excluding hydrogens is 399 g/mol. The molecule has 0 spiro atoms.